The highest BCUT2D eigenvalue weighted by molar-refractivity contribution is 5.51. The van der Waals surface area contributed by atoms with Gasteiger partial charge in [0.2, 0.25) is 5.95 Å². The van der Waals surface area contributed by atoms with E-state index in [9.17, 15) is 10.2 Å². The number of ether oxygens (including phenoxy) is 1. The van der Waals surface area contributed by atoms with Crippen molar-refractivity contribution < 1.29 is 14.9 Å². The lowest BCUT2D eigenvalue weighted by Crippen LogP contribution is -2.60. The number of aliphatic hydroxyl groups excluding tert-OH is 2. The van der Waals surface area contributed by atoms with Crippen LogP contribution in [0.25, 0.3) is 0 Å². The average molecular weight is 308 g/mol. The standard InChI is InChI=1S/C15H24N4O3/c1-9-10(2)17-14(16)18-13(9)19-6-4-15(5-7-19)12(21)11(20)3-8-22-15/h11-12,20-21H,3-8H2,1-2H3,(H2,16,17,18)/t11-,12-/m0/s1. The van der Waals surface area contributed by atoms with Crippen molar-refractivity contribution in [3.8, 4) is 0 Å². The van der Waals surface area contributed by atoms with Gasteiger partial charge in [-0.3, -0.25) is 0 Å². The Morgan fingerprint density at radius 1 is 1.23 bits per heavy atom. The number of aliphatic hydroxyl groups is 2. The summed E-state index contributed by atoms with van der Waals surface area (Å²) in [5, 5.41) is 20.2. The van der Waals surface area contributed by atoms with Gasteiger partial charge in [0.05, 0.1) is 18.3 Å². The minimum atomic E-state index is -0.818. The van der Waals surface area contributed by atoms with Gasteiger partial charge < -0.3 is 25.6 Å². The molecule has 22 heavy (non-hydrogen) atoms. The van der Waals surface area contributed by atoms with Crippen LogP contribution in [0.4, 0.5) is 11.8 Å². The van der Waals surface area contributed by atoms with Crippen LogP contribution < -0.4 is 10.6 Å². The Labute approximate surface area is 130 Å². The van der Waals surface area contributed by atoms with Crippen molar-refractivity contribution in [3.63, 3.8) is 0 Å². The summed E-state index contributed by atoms with van der Waals surface area (Å²) in [6, 6.07) is 0. The third-order valence-electron chi connectivity index (χ3n) is 5.00. The molecule has 0 radical (unpaired) electrons. The van der Waals surface area contributed by atoms with E-state index < -0.39 is 17.8 Å². The Kier molecular flexibility index (Phi) is 3.96. The average Bonchev–Trinajstić information content (AvgIpc) is 2.49. The van der Waals surface area contributed by atoms with E-state index in [1.807, 2.05) is 13.8 Å². The summed E-state index contributed by atoms with van der Waals surface area (Å²) in [5.74, 6) is 1.13. The van der Waals surface area contributed by atoms with Gasteiger partial charge in [-0.05, 0) is 33.1 Å². The van der Waals surface area contributed by atoms with Crippen molar-refractivity contribution in [1.82, 2.24) is 9.97 Å². The van der Waals surface area contributed by atoms with Gasteiger partial charge in [0.1, 0.15) is 11.9 Å². The van der Waals surface area contributed by atoms with Crippen LogP contribution in [-0.2, 0) is 4.74 Å². The molecule has 2 fully saturated rings. The van der Waals surface area contributed by atoms with Crippen molar-refractivity contribution in [2.75, 3.05) is 30.3 Å². The quantitative estimate of drug-likeness (QED) is 0.678. The van der Waals surface area contributed by atoms with E-state index in [2.05, 4.69) is 14.9 Å². The van der Waals surface area contributed by atoms with Gasteiger partial charge >= 0.3 is 0 Å². The van der Waals surface area contributed by atoms with Crippen LogP contribution in [-0.4, -0.2) is 57.7 Å². The Hall–Kier alpha value is -1.44. The number of anilines is 2. The smallest absolute Gasteiger partial charge is 0.222 e. The molecular weight excluding hydrogens is 284 g/mol. The molecule has 1 spiro atoms. The number of rotatable bonds is 1. The first-order chi connectivity index (χ1) is 10.4. The molecule has 122 valence electrons. The van der Waals surface area contributed by atoms with E-state index in [0.29, 0.717) is 39.0 Å². The monoisotopic (exact) mass is 308 g/mol. The molecule has 3 heterocycles. The van der Waals surface area contributed by atoms with Crippen LogP contribution in [0.1, 0.15) is 30.5 Å². The lowest BCUT2D eigenvalue weighted by molar-refractivity contribution is -0.205. The van der Waals surface area contributed by atoms with Crippen LogP contribution in [0.15, 0.2) is 0 Å². The summed E-state index contributed by atoms with van der Waals surface area (Å²) >= 11 is 0. The van der Waals surface area contributed by atoms with E-state index in [-0.39, 0.29) is 5.95 Å². The predicted molar refractivity (Wildman–Crippen MR) is 82.7 cm³/mol. The van der Waals surface area contributed by atoms with Crippen LogP contribution in [0.3, 0.4) is 0 Å². The number of nitrogens with zero attached hydrogens (tertiary/aromatic N) is 3. The molecule has 4 N–H and O–H groups in total. The van der Waals surface area contributed by atoms with Gasteiger partial charge in [0, 0.05) is 24.3 Å². The minimum Gasteiger partial charge on any atom is -0.390 e. The highest BCUT2D eigenvalue weighted by atomic mass is 16.5. The fourth-order valence-electron chi connectivity index (χ4n) is 3.46. The zero-order valence-electron chi connectivity index (χ0n) is 13.1. The molecule has 7 heteroatoms. The lowest BCUT2D eigenvalue weighted by Gasteiger charge is -2.48. The van der Waals surface area contributed by atoms with Gasteiger partial charge in [-0.15, -0.1) is 0 Å². The van der Waals surface area contributed by atoms with Crippen LogP contribution in [0.2, 0.25) is 0 Å². The molecule has 2 saturated heterocycles. The number of aromatic nitrogens is 2. The Balaban J connectivity index is 1.77. The first-order valence-corrected chi connectivity index (χ1v) is 7.79. The molecule has 2 atom stereocenters. The zero-order chi connectivity index (χ0) is 15.9. The van der Waals surface area contributed by atoms with Gasteiger partial charge in [-0.25, -0.2) is 4.98 Å². The van der Waals surface area contributed by atoms with Crippen molar-refractivity contribution in [2.45, 2.75) is 50.9 Å². The van der Waals surface area contributed by atoms with Crippen molar-refractivity contribution in [1.29, 1.82) is 0 Å². The highest BCUT2D eigenvalue weighted by Crippen LogP contribution is 2.37. The summed E-state index contributed by atoms with van der Waals surface area (Å²) < 4.78 is 5.86. The van der Waals surface area contributed by atoms with E-state index >= 15 is 0 Å². The van der Waals surface area contributed by atoms with E-state index in [1.54, 1.807) is 0 Å². The summed E-state index contributed by atoms with van der Waals surface area (Å²) in [6.45, 7) is 5.83. The fraction of sp³-hybridized carbons (Fsp3) is 0.733. The maximum absolute atomic E-state index is 10.3. The van der Waals surface area contributed by atoms with Gasteiger partial charge in [-0.2, -0.15) is 4.98 Å². The molecule has 0 unspecified atom stereocenters. The van der Waals surface area contributed by atoms with Crippen molar-refractivity contribution in [2.24, 2.45) is 0 Å². The molecule has 1 aromatic heterocycles. The molecule has 0 bridgehead atoms. The summed E-state index contributed by atoms with van der Waals surface area (Å²) in [6.07, 6.45) is 0.301. The molecule has 3 rings (SSSR count). The summed E-state index contributed by atoms with van der Waals surface area (Å²) in [4.78, 5) is 10.7. The largest absolute Gasteiger partial charge is 0.390 e. The molecular formula is C15H24N4O3. The number of hydrogen-bond donors (Lipinski definition) is 3. The van der Waals surface area contributed by atoms with Crippen molar-refractivity contribution in [3.05, 3.63) is 11.3 Å². The molecule has 0 aromatic carbocycles. The van der Waals surface area contributed by atoms with E-state index in [0.717, 1.165) is 17.1 Å². The second-order valence-corrected chi connectivity index (χ2v) is 6.32. The maximum atomic E-state index is 10.3. The molecule has 7 nitrogen and oxygen atoms in total. The first kappa shape index (κ1) is 15.5. The SMILES string of the molecule is Cc1nc(N)nc(N2CCC3(CC2)OCC[C@H](O)[C@@H]3O)c1C. The topological polar surface area (TPSA) is 105 Å². The second-order valence-electron chi connectivity index (χ2n) is 6.32. The summed E-state index contributed by atoms with van der Waals surface area (Å²) in [5.41, 5.74) is 7.04. The lowest BCUT2D eigenvalue weighted by atomic mass is 9.80. The molecule has 0 saturated carbocycles. The molecule has 1 aromatic rings. The third-order valence-corrected chi connectivity index (χ3v) is 5.00. The highest BCUT2D eigenvalue weighted by Gasteiger charge is 2.47. The fourth-order valence-corrected chi connectivity index (χ4v) is 3.46. The Morgan fingerprint density at radius 3 is 2.59 bits per heavy atom. The van der Waals surface area contributed by atoms with E-state index in [4.69, 9.17) is 10.5 Å². The van der Waals surface area contributed by atoms with Gasteiger partial charge in [0.25, 0.3) is 0 Å². The Bertz CT molecular complexity index is 558. The van der Waals surface area contributed by atoms with Crippen LogP contribution in [0, 0.1) is 13.8 Å². The molecule has 2 aliphatic rings. The third kappa shape index (κ3) is 2.53. The second kappa shape index (κ2) is 5.64. The zero-order valence-corrected chi connectivity index (χ0v) is 13.1. The van der Waals surface area contributed by atoms with Crippen molar-refractivity contribution >= 4 is 11.8 Å². The summed E-state index contributed by atoms with van der Waals surface area (Å²) in [7, 11) is 0. The van der Waals surface area contributed by atoms with Crippen LogP contribution >= 0.6 is 0 Å². The molecule has 0 amide bonds. The number of hydrogen-bond acceptors (Lipinski definition) is 7. The molecule has 0 aliphatic carbocycles. The number of piperidine rings is 1. The van der Waals surface area contributed by atoms with Gasteiger partial charge in [-0.1, -0.05) is 0 Å². The first-order valence-electron chi connectivity index (χ1n) is 7.79. The van der Waals surface area contributed by atoms with Gasteiger partial charge in [0.15, 0.2) is 0 Å². The normalized spacial score (nSPS) is 28.1. The molecule has 2 aliphatic heterocycles. The Morgan fingerprint density at radius 2 is 1.91 bits per heavy atom. The van der Waals surface area contributed by atoms with E-state index in [1.165, 1.54) is 0 Å². The number of nitrogens with two attached hydrogens (primary N) is 1. The number of aryl methyl sites for hydroxylation is 1. The predicted octanol–water partition coefficient (Wildman–Crippen LogP) is 0.157. The van der Waals surface area contributed by atoms with Crippen LogP contribution in [0.5, 0.6) is 0 Å². The number of nitrogen functional groups attached to an aromatic ring is 1. The maximum Gasteiger partial charge on any atom is 0.222 e. The minimum absolute atomic E-state index is 0.280.